The SMILES string of the molecule is Cc1cccc(C2=NN3C(=N)/C(=C\c4cc(C)n(-c5ccccc5Cl)c4C)C(=O)N=C3S2)c1. The number of rotatable bonds is 3. The number of fused-ring (bicyclic) bond motifs is 1. The van der Waals surface area contributed by atoms with Crippen LogP contribution in [0.4, 0.5) is 0 Å². The minimum atomic E-state index is -0.443. The van der Waals surface area contributed by atoms with Gasteiger partial charge in [-0.05, 0) is 68.4 Å². The van der Waals surface area contributed by atoms with Gasteiger partial charge in [-0.15, -0.1) is 0 Å². The summed E-state index contributed by atoms with van der Waals surface area (Å²) in [5, 5.41) is 16.5. The first-order valence-corrected chi connectivity index (χ1v) is 11.5. The van der Waals surface area contributed by atoms with Crippen molar-refractivity contribution in [3.63, 3.8) is 0 Å². The number of para-hydroxylation sites is 1. The van der Waals surface area contributed by atoms with Gasteiger partial charge in [-0.2, -0.15) is 15.1 Å². The van der Waals surface area contributed by atoms with Crippen LogP contribution in [-0.4, -0.2) is 31.5 Å². The molecule has 3 heterocycles. The Kier molecular flexibility index (Phi) is 5.31. The Bertz CT molecular complexity index is 1430. The number of carbonyl (C=O) groups is 1. The van der Waals surface area contributed by atoms with Crippen molar-refractivity contribution >= 4 is 51.4 Å². The summed E-state index contributed by atoms with van der Waals surface area (Å²) in [6, 6.07) is 17.6. The van der Waals surface area contributed by atoms with Crippen LogP contribution >= 0.6 is 23.4 Å². The van der Waals surface area contributed by atoms with E-state index in [0.29, 0.717) is 15.2 Å². The lowest BCUT2D eigenvalue weighted by Crippen LogP contribution is -2.35. The number of carbonyl (C=O) groups excluding carboxylic acids is 1. The number of aromatic nitrogens is 1. The van der Waals surface area contributed by atoms with Crippen molar-refractivity contribution in [2.24, 2.45) is 10.1 Å². The molecular formula is C25H20ClN5OS. The second kappa shape index (κ2) is 8.17. The summed E-state index contributed by atoms with van der Waals surface area (Å²) >= 11 is 7.72. The van der Waals surface area contributed by atoms with E-state index in [0.717, 1.165) is 33.8 Å². The van der Waals surface area contributed by atoms with Crippen molar-refractivity contribution in [2.45, 2.75) is 20.8 Å². The highest BCUT2D eigenvalue weighted by Gasteiger charge is 2.36. The average molecular weight is 474 g/mol. The largest absolute Gasteiger partial charge is 0.316 e. The fourth-order valence-corrected chi connectivity index (χ4v) is 5.09. The van der Waals surface area contributed by atoms with Gasteiger partial charge in [0.1, 0.15) is 5.04 Å². The quantitative estimate of drug-likeness (QED) is 0.494. The highest BCUT2D eigenvalue weighted by atomic mass is 35.5. The molecule has 1 amide bonds. The van der Waals surface area contributed by atoms with Crippen LogP contribution in [0.15, 0.2) is 70.3 Å². The summed E-state index contributed by atoms with van der Waals surface area (Å²) in [6.07, 6.45) is 1.71. The maximum atomic E-state index is 12.9. The van der Waals surface area contributed by atoms with Crippen molar-refractivity contribution in [3.8, 4) is 5.69 Å². The first-order valence-electron chi connectivity index (χ1n) is 10.3. The Morgan fingerprint density at radius 2 is 1.85 bits per heavy atom. The van der Waals surface area contributed by atoms with Crippen molar-refractivity contribution < 1.29 is 4.79 Å². The fourth-order valence-electron chi connectivity index (χ4n) is 3.98. The first kappa shape index (κ1) is 21.4. The predicted molar refractivity (Wildman–Crippen MR) is 136 cm³/mol. The zero-order valence-corrected chi connectivity index (χ0v) is 19.8. The number of aryl methyl sites for hydroxylation is 2. The van der Waals surface area contributed by atoms with Gasteiger partial charge in [0.15, 0.2) is 5.84 Å². The molecule has 0 bridgehead atoms. The van der Waals surface area contributed by atoms with Gasteiger partial charge in [0.05, 0.1) is 16.3 Å². The summed E-state index contributed by atoms with van der Waals surface area (Å²) in [5.74, 6) is -0.426. The number of halogens is 1. The Morgan fingerprint density at radius 1 is 1.06 bits per heavy atom. The highest BCUT2D eigenvalue weighted by molar-refractivity contribution is 8.27. The third-order valence-corrected chi connectivity index (χ3v) is 6.86. The van der Waals surface area contributed by atoms with Crippen molar-refractivity contribution in [2.75, 3.05) is 0 Å². The minimum absolute atomic E-state index is 0.0164. The molecule has 164 valence electrons. The molecule has 0 atom stereocenters. The number of aliphatic imine (C=N–C) groups is 1. The van der Waals surface area contributed by atoms with E-state index >= 15 is 0 Å². The van der Waals surface area contributed by atoms with Gasteiger partial charge in [-0.25, -0.2) is 0 Å². The molecule has 0 unspecified atom stereocenters. The molecule has 0 saturated carbocycles. The Labute approximate surface area is 200 Å². The molecule has 33 heavy (non-hydrogen) atoms. The molecule has 2 aliphatic rings. The lowest BCUT2D eigenvalue weighted by Gasteiger charge is -2.20. The Balaban J connectivity index is 1.53. The molecule has 1 N–H and O–H groups in total. The number of hydrogen-bond donors (Lipinski definition) is 1. The van der Waals surface area contributed by atoms with Crippen molar-refractivity contribution in [1.29, 1.82) is 5.41 Å². The van der Waals surface area contributed by atoms with E-state index in [2.05, 4.69) is 10.1 Å². The molecule has 3 aromatic rings. The van der Waals surface area contributed by atoms with Gasteiger partial charge in [-0.1, -0.05) is 47.5 Å². The zero-order valence-electron chi connectivity index (χ0n) is 18.3. The van der Waals surface area contributed by atoms with E-state index in [1.165, 1.54) is 16.8 Å². The monoisotopic (exact) mass is 473 g/mol. The standard InChI is InChI=1S/C25H20ClN5OS/c1-14-7-6-8-17(11-14)24-29-31-22(27)19(23(32)28-25(31)33-24)13-18-12-15(2)30(16(18)3)21-10-5-4-9-20(21)26/h4-13,27H,1-3H3/b19-13+,27-22?. The van der Waals surface area contributed by atoms with Crippen LogP contribution in [0, 0.1) is 26.2 Å². The van der Waals surface area contributed by atoms with E-state index in [9.17, 15) is 4.79 Å². The molecule has 0 spiro atoms. The fraction of sp³-hybridized carbons (Fsp3) is 0.120. The van der Waals surface area contributed by atoms with Gasteiger partial charge in [0.25, 0.3) is 5.91 Å². The van der Waals surface area contributed by atoms with Crippen LogP contribution in [-0.2, 0) is 4.79 Å². The average Bonchev–Trinajstić information content (AvgIpc) is 3.32. The molecule has 0 aliphatic carbocycles. The lowest BCUT2D eigenvalue weighted by atomic mass is 10.1. The number of nitrogens with one attached hydrogen (secondary N) is 1. The van der Waals surface area contributed by atoms with E-state index in [4.69, 9.17) is 17.0 Å². The lowest BCUT2D eigenvalue weighted by molar-refractivity contribution is -0.114. The van der Waals surface area contributed by atoms with Crippen LogP contribution < -0.4 is 0 Å². The number of hydrogen-bond acceptors (Lipinski definition) is 4. The molecule has 0 fully saturated rings. The van der Waals surface area contributed by atoms with Crippen LogP contribution in [0.5, 0.6) is 0 Å². The summed E-state index contributed by atoms with van der Waals surface area (Å²) < 4.78 is 2.04. The molecular weight excluding hydrogens is 454 g/mol. The second-order valence-corrected chi connectivity index (χ2v) is 9.27. The molecule has 0 radical (unpaired) electrons. The molecule has 6 nitrogen and oxygen atoms in total. The Hall–Kier alpha value is -3.42. The molecule has 5 rings (SSSR count). The molecule has 0 saturated heterocycles. The number of thioether (sulfide) groups is 1. The zero-order chi connectivity index (χ0) is 23.3. The summed E-state index contributed by atoms with van der Waals surface area (Å²) in [6.45, 7) is 5.96. The maximum absolute atomic E-state index is 12.9. The van der Waals surface area contributed by atoms with Crippen LogP contribution in [0.3, 0.4) is 0 Å². The summed E-state index contributed by atoms with van der Waals surface area (Å²) in [7, 11) is 0. The smallest absolute Gasteiger partial charge is 0.283 e. The third-order valence-electron chi connectivity index (χ3n) is 5.58. The number of amidine groups is 2. The van der Waals surface area contributed by atoms with Crippen LogP contribution in [0.2, 0.25) is 5.02 Å². The molecule has 8 heteroatoms. The van der Waals surface area contributed by atoms with Crippen LogP contribution in [0.1, 0.15) is 28.1 Å². The number of amides is 1. The van der Waals surface area contributed by atoms with E-state index in [1.807, 2.05) is 79.9 Å². The Morgan fingerprint density at radius 3 is 2.61 bits per heavy atom. The normalized spacial score (nSPS) is 16.8. The molecule has 2 aliphatic heterocycles. The molecule has 2 aromatic carbocycles. The summed E-state index contributed by atoms with van der Waals surface area (Å²) in [4.78, 5) is 17.1. The van der Waals surface area contributed by atoms with Gasteiger partial charge >= 0.3 is 0 Å². The number of hydrazone groups is 1. The van der Waals surface area contributed by atoms with E-state index < -0.39 is 5.91 Å². The maximum Gasteiger partial charge on any atom is 0.283 e. The predicted octanol–water partition coefficient (Wildman–Crippen LogP) is 5.72. The number of nitrogens with zero attached hydrogens (tertiary/aromatic N) is 4. The van der Waals surface area contributed by atoms with Gasteiger partial charge in [0, 0.05) is 17.0 Å². The third kappa shape index (κ3) is 3.73. The van der Waals surface area contributed by atoms with E-state index in [1.54, 1.807) is 6.08 Å². The van der Waals surface area contributed by atoms with Crippen molar-refractivity contribution in [3.05, 3.63) is 93.3 Å². The topological polar surface area (TPSA) is 73.8 Å². The van der Waals surface area contributed by atoms with Crippen molar-refractivity contribution in [1.82, 2.24) is 9.58 Å². The van der Waals surface area contributed by atoms with Crippen LogP contribution in [0.25, 0.3) is 11.8 Å². The van der Waals surface area contributed by atoms with E-state index in [-0.39, 0.29) is 11.4 Å². The minimum Gasteiger partial charge on any atom is -0.316 e. The summed E-state index contributed by atoms with van der Waals surface area (Å²) in [5.41, 5.74) is 5.84. The number of benzene rings is 2. The highest BCUT2D eigenvalue weighted by Crippen LogP contribution is 2.32. The second-order valence-electron chi connectivity index (χ2n) is 7.91. The van der Waals surface area contributed by atoms with Gasteiger partial charge in [0.2, 0.25) is 5.17 Å². The molecule has 1 aromatic heterocycles. The van der Waals surface area contributed by atoms with Gasteiger partial charge in [-0.3, -0.25) is 10.2 Å². The van der Waals surface area contributed by atoms with Gasteiger partial charge < -0.3 is 4.57 Å². The first-order chi connectivity index (χ1) is 15.8.